The number of likely N-dealkylation sites (tertiary alicyclic amines) is 1. The SMILES string of the molecule is O=C1CCC(C(=O)N2CCCCO2)CN1Cc1ccc(Cl)cc1. The van der Waals surface area contributed by atoms with Crippen LogP contribution < -0.4 is 0 Å². The van der Waals surface area contributed by atoms with E-state index in [1.54, 1.807) is 4.90 Å². The fraction of sp³-hybridized carbons (Fsp3) is 0.529. The van der Waals surface area contributed by atoms with Gasteiger partial charge in [-0.25, -0.2) is 5.06 Å². The average Bonchev–Trinajstić information content (AvgIpc) is 2.59. The van der Waals surface area contributed by atoms with Crippen molar-refractivity contribution in [3.8, 4) is 0 Å². The number of hydrogen-bond acceptors (Lipinski definition) is 3. The van der Waals surface area contributed by atoms with Crippen LogP contribution in [0.25, 0.3) is 0 Å². The fourth-order valence-electron chi connectivity index (χ4n) is 3.05. The molecule has 1 aromatic rings. The minimum absolute atomic E-state index is 0.0123. The second-order valence-corrected chi connectivity index (χ2v) is 6.55. The zero-order valence-electron chi connectivity index (χ0n) is 13.0. The Balaban J connectivity index is 1.63. The Morgan fingerprint density at radius 1 is 1.26 bits per heavy atom. The van der Waals surface area contributed by atoms with Crippen LogP contribution in [0.1, 0.15) is 31.2 Å². The lowest BCUT2D eigenvalue weighted by atomic mass is 9.96. The molecule has 2 saturated heterocycles. The van der Waals surface area contributed by atoms with Crippen LogP contribution in [0.3, 0.4) is 0 Å². The molecule has 2 heterocycles. The number of piperidine rings is 1. The van der Waals surface area contributed by atoms with E-state index in [1.165, 1.54) is 5.06 Å². The average molecular weight is 337 g/mol. The van der Waals surface area contributed by atoms with E-state index >= 15 is 0 Å². The summed E-state index contributed by atoms with van der Waals surface area (Å²) >= 11 is 5.89. The van der Waals surface area contributed by atoms with Crippen LogP contribution in [-0.4, -0.2) is 41.5 Å². The van der Waals surface area contributed by atoms with E-state index in [1.807, 2.05) is 24.3 Å². The summed E-state index contributed by atoms with van der Waals surface area (Å²) in [6, 6.07) is 7.45. The van der Waals surface area contributed by atoms with Crippen molar-refractivity contribution >= 4 is 23.4 Å². The molecule has 1 aromatic carbocycles. The van der Waals surface area contributed by atoms with Crippen molar-refractivity contribution < 1.29 is 14.4 Å². The minimum atomic E-state index is -0.168. The summed E-state index contributed by atoms with van der Waals surface area (Å²) in [7, 11) is 0. The van der Waals surface area contributed by atoms with Crippen molar-refractivity contribution in [1.82, 2.24) is 9.96 Å². The first-order valence-electron chi connectivity index (χ1n) is 8.10. The van der Waals surface area contributed by atoms with Gasteiger partial charge in [-0.3, -0.25) is 14.4 Å². The summed E-state index contributed by atoms with van der Waals surface area (Å²) in [5.41, 5.74) is 1.02. The topological polar surface area (TPSA) is 49.9 Å². The molecule has 1 unspecified atom stereocenters. The Kier molecular flexibility index (Phi) is 5.18. The largest absolute Gasteiger partial charge is 0.338 e. The lowest BCUT2D eigenvalue weighted by molar-refractivity contribution is -0.202. The molecular formula is C17H21ClN2O3. The first-order chi connectivity index (χ1) is 11.1. The van der Waals surface area contributed by atoms with Gasteiger partial charge in [-0.15, -0.1) is 0 Å². The number of halogens is 1. The molecule has 3 rings (SSSR count). The lowest BCUT2D eigenvalue weighted by Gasteiger charge is -2.35. The number of benzene rings is 1. The molecule has 6 heteroatoms. The van der Waals surface area contributed by atoms with Gasteiger partial charge in [-0.05, 0) is 37.0 Å². The van der Waals surface area contributed by atoms with Gasteiger partial charge in [-0.1, -0.05) is 23.7 Å². The Bertz CT molecular complexity index is 570. The molecule has 0 N–H and O–H groups in total. The third kappa shape index (κ3) is 4.03. The molecule has 0 bridgehead atoms. The third-order valence-corrected chi connectivity index (χ3v) is 4.64. The first-order valence-corrected chi connectivity index (χ1v) is 8.48. The molecular weight excluding hydrogens is 316 g/mol. The van der Waals surface area contributed by atoms with Crippen molar-refractivity contribution in [3.63, 3.8) is 0 Å². The molecule has 2 amide bonds. The Morgan fingerprint density at radius 3 is 2.74 bits per heavy atom. The maximum absolute atomic E-state index is 12.5. The molecule has 2 aliphatic rings. The summed E-state index contributed by atoms with van der Waals surface area (Å²) in [5.74, 6) is -0.0556. The van der Waals surface area contributed by atoms with Crippen LogP contribution in [0.4, 0.5) is 0 Å². The minimum Gasteiger partial charge on any atom is -0.338 e. The number of amides is 2. The fourth-order valence-corrected chi connectivity index (χ4v) is 3.18. The van der Waals surface area contributed by atoms with Gasteiger partial charge < -0.3 is 4.90 Å². The highest BCUT2D eigenvalue weighted by atomic mass is 35.5. The highest BCUT2D eigenvalue weighted by Gasteiger charge is 2.33. The molecule has 124 valence electrons. The van der Waals surface area contributed by atoms with Crippen molar-refractivity contribution in [2.45, 2.75) is 32.2 Å². The molecule has 23 heavy (non-hydrogen) atoms. The predicted molar refractivity (Wildman–Crippen MR) is 86.5 cm³/mol. The summed E-state index contributed by atoms with van der Waals surface area (Å²) in [6.45, 7) is 2.23. The van der Waals surface area contributed by atoms with Gasteiger partial charge in [0.2, 0.25) is 5.91 Å². The molecule has 2 fully saturated rings. The molecule has 0 radical (unpaired) electrons. The van der Waals surface area contributed by atoms with Crippen LogP contribution in [0.5, 0.6) is 0 Å². The van der Waals surface area contributed by atoms with Crippen LogP contribution in [-0.2, 0) is 21.0 Å². The van der Waals surface area contributed by atoms with Crippen LogP contribution in [0.15, 0.2) is 24.3 Å². The standard InChI is InChI=1S/C17H21ClN2O3/c18-15-6-3-13(4-7-15)11-19-12-14(5-8-16(19)21)17(22)20-9-1-2-10-23-20/h3-4,6-7,14H,1-2,5,8-12H2. The Hall–Kier alpha value is -1.59. The number of hydrogen-bond donors (Lipinski definition) is 0. The molecule has 0 aliphatic carbocycles. The maximum Gasteiger partial charge on any atom is 0.251 e. The van der Waals surface area contributed by atoms with Gasteiger partial charge in [-0.2, -0.15) is 0 Å². The number of nitrogens with zero attached hydrogens (tertiary/aromatic N) is 2. The molecule has 0 spiro atoms. The monoisotopic (exact) mass is 336 g/mol. The summed E-state index contributed by atoms with van der Waals surface area (Å²) < 4.78 is 0. The van der Waals surface area contributed by atoms with Gasteiger partial charge in [0.1, 0.15) is 0 Å². The van der Waals surface area contributed by atoms with Crippen molar-refractivity contribution in [2.75, 3.05) is 19.7 Å². The van der Waals surface area contributed by atoms with Gasteiger partial charge in [0, 0.05) is 31.1 Å². The Morgan fingerprint density at radius 2 is 2.04 bits per heavy atom. The normalized spacial score (nSPS) is 22.3. The molecule has 1 atom stereocenters. The summed E-state index contributed by atoms with van der Waals surface area (Å²) in [6.07, 6.45) is 2.99. The number of carbonyl (C=O) groups is 2. The van der Waals surface area contributed by atoms with Gasteiger partial charge >= 0.3 is 0 Å². The van der Waals surface area contributed by atoms with Gasteiger partial charge in [0.25, 0.3) is 5.91 Å². The predicted octanol–water partition coefficient (Wildman–Crippen LogP) is 2.63. The van der Waals surface area contributed by atoms with E-state index in [0.717, 1.165) is 18.4 Å². The summed E-state index contributed by atoms with van der Waals surface area (Å²) in [5, 5.41) is 2.17. The van der Waals surface area contributed by atoms with Crippen LogP contribution >= 0.6 is 11.6 Å². The second kappa shape index (κ2) is 7.32. The van der Waals surface area contributed by atoms with E-state index in [4.69, 9.17) is 16.4 Å². The smallest absolute Gasteiger partial charge is 0.251 e. The van der Waals surface area contributed by atoms with E-state index in [0.29, 0.717) is 44.1 Å². The molecule has 2 aliphatic heterocycles. The van der Waals surface area contributed by atoms with E-state index < -0.39 is 0 Å². The third-order valence-electron chi connectivity index (χ3n) is 4.38. The van der Waals surface area contributed by atoms with Crippen molar-refractivity contribution in [1.29, 1.82) is 0 Å². The van der Waals surface area contributed by atoms with E-state index in [-0.39, 0.29) is 17.7 Å². The number of hydroxylamine groups is 2. The maximum atomic E-state index is 12.5. The van der Waals surface area contributed by atoms with Crippen molar-refractivity contribution in [2.24, 2.45) is 5.92 Å². The quantitative estimate of drug-likeness (QED) is 0.852. The van der Waals surface area contributed by atoms with Crippen molar-refractivity contribution in [3.05, 3.63) is 34.9 Å². The molecule has 0 saturated carbocycles. The zero-order chi connectivity index (χ0) is 16.2. The Labute approximate surface area is 141 Å². The number of carbonyl (C=O) groups excluding carboxylic acids is 2. The molecule has 0 aromatic heterocycles. The molecule has 5 nitrogen and oxygen atoms in total. The first kappa shape index (κ1) is 16.3. The van der Waals surface area contributed by atoms with E-state index in [9.17, 15) is 9.59 Å². The van der Waals surface area contributed by atoms with Crippen LogP contribution in [0.2, 0.25) is 5.02 Å². The van der Waals surface area contributed by atoms with Crippen LogP contribution in [0, 0.1) is 5.92 Å². The highest BCUT2D eigenvalue weighted by Crippen LogP contribution is 2.23. The van der Waals surface area contributed by atoms with Gasteiger partial charge in [0.05, 0.1) is 12.5 Å². The summed E-state index contributed by atoms with van der Waals surface area (Å²) in [4.78, 5) is 31.9. The number of rotatable bonds is 3. The zero-order valence-corrected chi connectivity index (χ0v) is 13.8. The van der Waals surface area contributed by atoms with E-state index in [2.05, 4.69) is 0 Å². The highest BCUT2D eigenvalue weighted by molar-refractivity contribution is 6.30. The second-order valence-electron chi connectivity index (χ2n) is 6.12. The lowest BCUT2D eigenvalue weighted by Crippen LogP contribution is -2.47. The van der Waals surface area contributed by atoms with Gasteiger partial charge in [0.15, 0.2) is 0 Å².